The molecule has 2 aromatic carbocycles. The molecule has 3 heterocycles. The summed E-state index contributed by atoms with van der Waals surface area (Å²) in [5.41, 5.74) is -0.507. The standard InChI is InChI=1S/C33H33F6N3O4/c1-18-30(21-12-22(32(34,35)36)16-23(13-21)33(37,38)39)46-31(44)42(18)17-27-25(7-9-29(40-27)41-10-3-11-41)26-15-20(5-8-28(26)45-2)19-4-6-24(43)14-19/h5,7-9,12-13,15-16,18-19,24,30,43H,3-4,6,10-11,14,17H2,1-2H3. The summed E-state index contributed by atoms with van der Waals surface area (Å²) in [6, 6.07) is 9.86. The van der Waals surface area contributed by atoms with E-state index >= 15 is 0 Å². The highest BCUT2D eigenvalue weighted by atomic mass is 19.4. The molecular formula is C33H33F6N3O4. The maximum absolute atomic E-state index is 13.6. The smallest absolute Gasteiger partial charge is 0.416 e. The number of pyridine rings is 1. The van der Waals surface area contributed by atoms with Gasteiger partial charge in [-0.3, -0.25) is 4.90 Å². The van der Waals surface area contributed by atoms with E-state index in [-0.39, 0.29) is 24.6 Å². The van der Waals surface area contributed by atoms with Gasteiger partial charge in [0.15, 0.2) is 0 Å². The number of carbonyl (C=O) groups excluding carboxylic acids is 1. The van der Waals surface area contributed by atoms with Gasteiger partial charge in [-0.25, -0.2) is 9.78 Å². The number of aliphatic hydroxyl groups is 1. The Hall–Kier alpha value is -4.00. The van der Waals surface area contributed by atoms with Crippen molar-refractivity contribution in [2.75, 3.05) is 25.1 Å². The van der Waals surface area contributed by atoms with Crippen molar-refractivity contribution in [1.82, 2.24) is 9.88 Å². The number of aromatic nitrogens is 1. The highest BCUT2D eigenvalue weighted by molar-refractivity contribution is 5.76. The normalized spacial score (nSPS) is 23.5. The van der Waals surface area contributed by atoms with Crippen LogP contribution in [-0.4, -0.2) is 53.4 Å². The number of ether oxygens (including phenoxy) is 2. The van der Waals surface area contributed by atoms with Crippen LogP contribution in [0.3, 0.4) is 0 Å². The van der Waals surface area contributed by atoms with E-state index in [1.807, 2.05) is 30.3 Å². The van der Waals surface area contributed by atoms with Gasteiger partial charge in [0, 0.05) is 24.2 Å². The van der Waals surface area contributed by atoms with Crippen molar-refractivity contribution in [2.45, 2.75) is 75.7 Å². The monoisotopic (exact) mass is 649 g/mol. The maximum atomic E-state index is 13.6. The Kier molecular flexibility index (Phi) is 8.32. The summed E-state index contributed by atoms with van der Waals surface area (Å²) in [7, 11) is 1.54. The second-order valence-electron chi connectivity index (χ2n) is 12.1. The lowest BCUT2D eigenvalue weighted by atomic mass is 9.92. The Morgan fingerprint density at radius 3 is 2.20 bits per heavy atom. The predicted molar refractivity (Wildman–Crippen MR) is 156 cm³/mol. The van der Waals surface area contributed by atoms with Gasteiger partial charge in [-0.05, 0) is 92.1 Å². The van der Waals surface area contributed by atoms with Gasteiger partial charge in [0.1, 0.15) is 17.7 Å². The molecule has 1 amide bonds. The van der Waals surface area contributed by atoms with Crippen LogP contribution in [0.15, 0.2) is 48.5 Å². The fourth-order valence-corrected chi connectivity index (χ4v) is 6.49. The molecule has 1 aromatic heterocycles. The molecule has 3 aliphatic rings. The molecule has 1 aliphatic carbocycles. The van der Waals surface area contributed by atoms with E-state index in [4.69, 9.17) is 14.5 Å². The topological polar surface area (TPSA) is 75.1 Å². The van der Waals surface area contributed by atoms with E-state index in [0.29, 0.717) is 53.4 Å². The van der Waals surface area contributed by atoms with Crippen LogP contribution >= 0.6 is 0 Å². The summed E-state index contributed by atoms with van der Waals surface area (Å²) < 4.78 is 92.7. The molecule has 46 heavy (non-hydrogen) atoms. The van der Waals surface area contributed by atoms with Crippen LogP contribution in [0.4, 0.5) is 37.0 Å². The van der Waals surface area contributed by atoms with Crippen LogP contribution in [0.5, 0.6) is 5.75 Å². The molecule has 6 rings (SSSR count). The predicted octanol–water partition coefficient (Wildman–Crippen LogP) is 7.72. The number of benzene rings is 2. The zero-order chi connectivity index (χ0) is 33.0. The Labute approximate surface area is 261 Å². The van der Waals surface area contributed by atoms with Crippen molar-refractivity contribution >= 4 is 11.9 Å². The van der Waals surface area contributed by atoms with E-state index in [2.05, 4.69) is 4.90 Å². The van der Waals surface area contributed by atoms with Gasteiger partial charge in [-0.1, -0.05) is 6.07 Å². The van der Waals surface area contributed by atoms with Crippen LogP contribution in [0.1, 0.15) is 72.6 Å². The van der Waals surface area contributed by atoms with Gasteiger partial charge in [0.05, 0.1) is 42.6 Å². The van der Waals surface area contributed by atoms with Crippen molar-refractivity contribution in [3.8, 4) is 16.9 Å². The average molecular weight is 650 g/mol. The molecule has 3 aromatic rings. The Morgan fingerprint density at radius 1 is 0.935 bits per heavy atom. The summed E-state index contributed by atoms with van der Waals surface area (Å²) >= 11 is 0. The van der Waals surface area contributed by atoms with Gasteiger partial charge in [-0.15, -0.1) is 0 Å². The molecule has 0 spiro atoms. The largest absolute Gasteiger partial charge is 0.496 e. The molecule has 2 saturated heterocycles. The fourth-order valence-electron chi connectivity index (χ4n) is 6.49. The van der Waals surface area contributed by atoms with Crippen LogP contribution < -0.4 is 9.64 Å². The molecule has 1 saturated carbocycles. The van der Waals surface area contributed by atoms with Crippen LogP contribution in [-0.2, 0) is 23.6 Å². The summed E-state index contributed by atoms with van der Waals surface area (Å²) in [4.78, 5) is 21.5. The van der Waals surface area contributed by atoms with E-state index in [1.54, 1.807) is 0 Å². The van der Waals surface area contributed by atoms with Gasteiger partial charge in [0.25, 0.3) is 0 Å². The SMILES string of the molecule is COc1ccc(C2CCC(O)C2)cc1-c1ccc(N2CCC2)nc1CN1C(=O)OC(c2cc(C(F)(F)F)cc(C(F)(F)F)c2)C1C. The highest BCUT2D eigenvalue weighted by Gasteiger charge is 2.43. The van der Waals surface area contributed by atoms with E-state index in [0.717, 1.165) is 31.5 Å². The van der Waals surface area contributed by atoms with Gasteiger partial charge < -0.3 is 19.5 Å². The molecule has 0 radical (unpaired) electrons. The van der Waals surface area contributed by atoms with Crippen molar-refractivity contribution in [1.29, 1.82) is 0 Å². The average Bonchev–Trinajstić information content (AvgIpc) is 3.53. The number of nitrogens with zero attached hydrogens (tertiary/aromatic N) is 3. The van der Waals surface area contributed by atoms with E-state index < -0.39 is 47.3 Å². The number of cyclic esters (lactones) is 1. The van der Waals surface area contributed by atoms with Crippen LogP contribution in [0.25, 0.3) is 11.1 Å². The van der Waals surface area contributed by atoms with Gasteiger partial charge >= 0.3 is 18.4 Å². The van der Waals surface area contributed by atoms with E-state index in [9.17, 15) is 36.2 Å². The van der Waals surface area contributed by atoms with E-state index in [1.165, 1.54) is 18.9 Å². The van der Waals surface area contributed by atoms with Crippen molar-refractivity contribution in [2.24, 2.45) is 0 Å². The molecule has 246 valence electrons. The third-order valence-corrected chi connectivity index (χ3v) is 9.18. The minimum absolute atomic E-state index is 0.0496. The van der Waals surface area contributed by atoms with Gasteiger partial charge in [0.2, 0.25) is 0 Å². The van der Waals surface area contributed by atoms with Crippen molar-refractivity contribution in [3.05, 3.63) is 76.5 Å². The molecule has 1 N–H and O–H groups in total. The lowest BCUT2D eigenvalue weighted by molar-refractivity contribution is -0.143. The summed E-state index contributed by atoms with van der Waals surface area (Å²) in [6.45, 7) is 3.01. The zero-order valence-electron chi connectivity index (χ0n) is 25.2. The lowest BCUT2D eigenvalue weighted by Gasteiger charge is -2.33. The zero-order valence-corrected chi connectivity index (χ0v) is 25.2. The van der Waals surface area contributed by atoms with Crippen molar-refractivity contribution < 1.29 is 45.7 Å². The summed E-state index contributed by atoms with van der Waals surface area (Å²) in [5, 5.41) is 10.1. The fraction of sp³-hybridized carbons (Fsp3) is 0.455. The first-order valence-electron chi connectivity index (χ1n) is 15.1. The molecule has 7 nitrogen and oxygen atoms in total. The number of rotatable bonds is 7. The first kappa shape index (κ1) is 32.0. The maximum Gasteiger partial charge on any atom is 0.416 e. The molecule has 3 fully saturated rings. The number of aliphatic hydroxyl groups excluding tert-OH is 1. The summed E-state index contributed by atoms with van der Waals surface area (Å²) in [6.07, 6.45) is -9.56. The highest BCUT2D eigenvalue weighted by Crippen LogP contribution is 2.43. The third-order valence-electron chi connectivity index (χ3n) is 9.18. The number of alkyl halides is 6. The van der Waals surface area contributed by atoms with Crippen molar-refractivity contribution in [3.63, 3.8) is 0 Å². The number of hydrogen-bond donors (Lipinski definition) is 1. The van der Waals surface area contributed by atoms with Crippen LogP contribution in [0.2, 0.25) is 0 Å². The first-order chi connectivity index (χ1) is 21.7. The number of hydrogen-bond acceptors (Lipinski definition) is 6. The number of anilines is 1. The second kappa shape index (κ2) is 12.0. The minimum Gasteiger partial charge on any atom is -0.496 e. The first-order valence-corrected chi connectivity index (χ1v) is 15.1. The summed E-state index contributed by atoms with van der Waals surface area (Å²) in [5.74, 6) is 1.39. The van der Waals surface area contributed by atoms with Crippen LogP contribution in [0, 0.1) is 0 Å². The quantitative estimate of drug-likeness (QED) is 0.264. The second-order valence-corrected chi connectivity index (χ2v) is 12.1. The molecule has 0 bridgehead atoms. The Bertz CT molecular complexity index is 1590. The lowest BCUT2D eigenvalue weighted by Crippen LogP contribution is -2.38. The number of carbonyl (C=O) groups is 1. The molecular weight excluding hydrogens is 616 g/mol. The number of amides is 1. The Morgan fingerprint density at radius 2 is 1.63 bits per heavy atom. The third kappa shape index (κ3) is 6.21. The molecule has 13 heteroatoms. The minimum atomic E-state index is -5.04. The molecule has 4 atom stereocenters. The number of methoxy groups -OCH3 is 1. The number of halogens is 6. The Balaban J connectivity index is 1.37. The molecule has 2 aliphatic heterocycles. The molecule has 4 unspecified atom stereocenters. The van der Waals surface area contributed by atoms with Gasteiger partial charge in [-0.2, -0.15) is 26.3 Å².